The lowest BCUT2D eigenvalue weighted by Gasteiger charge is -2.38. The Morgan fingerprint density at radius 2 is 1.77 bits per heavy atom. The molecule has 0 bridgehead atoms. The van der Waals surface area contributed by atoms with Gasteiger partial charge in [0.15, 0.2) is 5.96 Å². The van der Waals surface area contributed by atoms with Crippen molar-refractivity contribution < 1.29 is 13.9 Å². The molecular formula is C22H28FIN4O2. The first-order valence-corrected chi connectivity index (χ1v) is 9.76. The number of benzene rings is 2. The molecule has 1 heterocycles. The summed E-state index contributed by atoms with van der Waals surface area (Å²) in [7, 11) is 1.73. The van der Waals surface area contributed by atoms with Crippen LogP contribution in [-0.4, -0.2) is 56.1 Å². The summed E-state index contributed by atoms with van der Waals surface area (Å²) in [6.07, 6.45) is -0.147. The third-order valence-corrected chi connectivity index (χ3v) is 4.74. The summed E-state index contributed by atoms with van der Waals surface area (Å²) < 4.78 is 19.3. The van der Waals surface area contributed by atoms with Crippen molar-refractivity contribution in [2.45, 2.75) is 19.1 Å². The monoisotopic (exact) mass is 526 g/mol. The number of ether oxygens (including phenoxy) is 1. The van der Waals surface area contributed by atoms with Crippen LogP contribution in [0.2, 0.25) is 0 Å². The molecule has 1 aliphatic heterocycles. The Kier molecular flexibility index (Phi) is 9.51. The molecule has 1 fully saturated rings. The molecule has 0 aromatic heterocycles. The average Bonchev–Trinajstić information content (AvgIpc) is 2.74. The molecule has 2 aromatic rings. The fourth-order valence-corrected chi connectivity index (χ4v) is 3.36. The lowest BCUT2D eigenvalue weighted by atomic mass is 10.1. The van der Waals surface area contributed by atoms with E-state index >= 15 is 0 Å². The highest BCUT2D eigenvalue weighted by atomic mass is 127. The quantitative estimate of drug-likeness (QED) is 0.272. The topological polar surface area (TPSA) is 66.0 Å². The van der Waals surface area contributed by atoms with E-state index in [1.54, 1.807) is 31.3 Å². The Labute approximate surface area is 193 Å². The Hall–Kier alpha value is -2.20. The van der Waals surface area contributed by atoms with Gasteiger partial charge in [0.25, 0.3) is 5.91 Å². The number of amides is 1. The summed E-state index contributed by atoms with van der Waals surface area (Å²) in [6.45, 7) is 4.36. The summed E-state index contributed by atoms with van der Waals surface area (Å²) in [5, 5.41) is 6.19. The number of halogens is 2. The maximum atomic E-state index is 13.2. The lowest BCUT2D eigenvalue weighted by molar-refractivity contribution is -0.0604. The maximum Gasteiger partial charge on any atom is 0.251 e. The van der Waals surface area contributed by atoms with Crippen LogP contribution in [0.1, 0.15) is 28.9 Å². The SMILES string of the molecule is CN=C(NCCNC(=O)c1ccccc1)N1CC(C)OC(c2ccc(F)cc2)C1.I. The normalized spacial score (nSPS) is 19.0. The van der Waals surface area contributed by atoms with Crippen LogP contribution in [0.3, 0.4) is 0 Å². The van der Waals surface area contributed by atoms with E-state index in [-0.39, 0.29) is 47.9 Å². The smallest absolute Gasteiger partial charge is 0.251 e. The van der Waals surface area contributed by atoms with Crippen molar-refractivity contribution >= 4 is 35.8 Å². The van der Waals surface area contributed by atoms with Gasteiger partial charge in [0.1, 0.15) is 11.9 Å². The third-order valence-electron chi connectivity index (χ3n) is 4.74. The van der Waals surface area contributed by atoms with E-state index in [0.717, 1.165) is 11.5 Å². The first kappa shape index (κ1) is 24.1. The van der Waals surface area contributed by atoms with Gasteiger partial charge >= 0.3 is 0 Å². The van der Waals surface area contributed by atoms with E-state index in [1.807, 2.05) is 25.1 Å². The average molecular weight is 526 g/mol. The van der Waals surface area contributed by atoms with E-state index in [4.69, 9.17) is 4.74 Å². The maximum absolute atomic E-state index is 13.2. The molecule has 2 atom stereocenters. The van der Waals surface area contributed by atoms with Crippen molar-refractivity contribution in [1.82, 2.24) is 15.5 Å². The second-order valence-corrected chi connectivity index (χ2v) is 6.99. The molecule has 2 unspecified atom stereocenters. The zero-order chi connectivity index (χ0) is 20.6. The van der Waals surface area contributed by atoms with Crippen molar-refractivity contribution in [3.05, 3.63) is 71.5 Å². The Bertz CT molecular complexity index is 833. The van der Waals surface area contributed by atoms with Crippen LogP contribution in [0.25, 0.3) is 0 Å². The molecular weight excluding hydrogens is 498 g/mol. The van der Waals surface area contributed by atoms with E-state index in [9.17, 15) is 9.18 Å². The van der Waals surface area contributed by atoms with Crippen LogP contribution in [0.5, 0.6) is 0 Å². The van der Waals surface area contributed by atoms with Gasteiger partial charge in [0.2, 0.25) is 0 Å². The molecule has 0 radical (unpaired) electrons. The molecule has 2 aromatic carbocycles. The largest absolute Gasteiger partial charge is 0.367 e. The van der Waals surface area contributed by atoms with E-state index in [2.05, 4.69) is 20.5 Å². The first-order valence-electron chi connectivity index (χ1n) is 9.76. The van der Waals surface area contributed by atoms with Crippen LogP contribution in [0.15, 0.2) is 59.6 Å². The van der Waals surface area contributed by atoms with Gasteiger partial charge in [-0.05, 0) is 36.8 Å². The van der Waals surface area contributed by atoms with Gasteiger partial charge < -0.3 is 20.3 Å². The first-order chi connectivity index (χ1) is 14.1. The third kappa shape index (κ3) is 6.66. The molecule has 1 aliphatic rings. The van der Waals surface area contributed by atoms with Crippen molar-refractivity contribution in [1.29, 1.82) is 0 Å². The summed E-state index contributed by atoms with van der Waals surface area (Å²) in [5.41, 5.74) is 1.58. The van der Waals surface area contributed by atoms with Gasteiger partial charge in [-0.2, -0.15) is 0 Å². The fraction of sp³-hybridized carbons (Fsp3) is 0.364. The molecule has 162 valence electrons. The number of hydrogen-bond donors (Lipinski definition) is 2. The van der Waals surface area contributed by atoms with Crippen molar-refractivity contribution in [2.75, 3.05) is 33.2 Å². The number of morpholine rings is 1. The molecule has 0 spiro atoms. The van der Waals surface area contributed by atoms with Gasteiger partial charge in [-0.1, -0.05) is 30.3 Å². The number of hydrogen-bond acceptors (Lipinski definition) is 3. The van der Waals surface area contributed by atoms with Crippen LogP contribution in [0.4, 0.5) is 4.39 Å². The highest BCUT2D eigenvalue weighted by Crippen LogP contribution is 2.25. The summed E-state index contributed by atoms with van der Waals surface area (Å²) in [4.78, 5) is 18.6. The van der Waals surface area contributed by atoms with Crippen LogP contribution in [0, 0.1) is 5.82 Å². The van der Waals surface area contributed by atoms with Crippen LogP contribution >= 0.6 is 24.0 Å². The highest BCUT2D eigenvalue weighted by Gasteiger charge is 2.28. The predicted octanol–water partition coefficient (Wildman–Crippen LogP) is 3.21. The van der Waals surface area contributed by atoms with Crippen molar-refractivity contribution in [3.63, 3.8) is 0 Å². The Morgan fingerprint density at radius 3 is 2.43 bits per heavy atom. The summed E-state index contributed by atoms with van der Waals surface area (Å²) in [6, 6.07) is 15.5. The number of carbonyl (C=O) groups is 1. The minimum atomic E-state index is -0.260. The number of carbonyl (C=O) groups excluding carboxylic acids is 1. The highest BCUT2D eigenvalue weighted by molar-refractivity contribution is 14.0. The number of aliphatic imine (C=N–C) groups is 1. The lowest BCUT2D eigenvalue weighted by Crippen LogP contribution is -2.51. The van der Waals surface area contributed by atoms with Gasteiger partial charge in [-0.25, -0.2) is 4.39 Å². The van der Waals surface area contributed by atoms with E-state index < -0.39 is 0 Å². The Balaban J connectivity index is 0.00000320. The van der Waals surface area contributed by atoms with Crippen LogP contribution in [-0.2, 0) is 4.74 Å². The number of guanidine groups is 1. The molecule has 0 saturated carbocycles. The molecule has 8 heteroatoms. The van der Waals surface area contributed by atoms with Gasteiger partial charge in [-0.3, -0.25) is 9.79 Å². The zero-order valence-corrected chi connectivity index (χ0v) is 19.5. The second-order valence-electron chi connectivity index (χ2n) is 6.99. The number of nitrogens with one attached hydrogen (secondary N) is 2. The molecule has 3 rings (SSSR count). The van der Waals surface area contributed by atoms with Gasteiger partial charge in [0, 0.05) is 32.2 Å². The molecule has 0 aliphatic carbocycles. The molecule has 1 amide bonds. The zero-order valence-electron chi connectivity index (χ0n) is 17.2. The van der Waals surface area contributed by atoms with Crippen LogP contribution < -0.4 is 10.6 Å². The van der Waals surface area contributed by atoms with Crippen molar-refractivity contribution in [2.24, 2.45) is 4.99 Å². The van der Waals surface area contributed by atoms with Crippen molar-refractivity contribution in [3.8, 4) is 0 Å². The molecule has 6 nitrogen and oxygen atoms in total. The summed E-state index contributed by atoms with van der Waals surface area (Å²) in [5.74, 6) is 0.393. The van der Waals surface area contributed by atoms with Gasteiger partial charge in [0.05, 0.1) is 12.6 Å². The number of rotatable bonds is 5. The molecule has 30 heavy (non-hydrogen) atoms. The molecule has 1 saturated heterocycles. The standard InChI is InChI=1S/C22H27FN4O2.HI/c1-16-14-27(15-20(29-16)17-8-10-19(23)11-9-17)22(24-2)26-13-12-25-21(28)18-6-4-3-5-7-18;/h3-11,16,20H,12-15H2,1-2H3,(H,24,26)(H,25,28);1H. The second kappa shape index (κ2) is 11.8. The minimum Gasteiger partial charge on any atom is -0.367 e. The summed E-state index contributed by atoms with van der Waals surface area (Å²) >= 11 is 0. The fourth-order valence-electron chi connectivity index (χ4n) is 3.36. The van der Waals surface area contributed by atoms with E-state index in [0.29, 0.717) is 31.7 Å². The minimum absolute atomic E-state index is 0. The Morgan fingerprint density at radius 1 is 1.10 bits per heavy atom. The predicted molar refractivity (Wildman–Crippen MR) is 127 cm³/mol. The van der Waals surface area contributed by atoms with Gasteiger partial charge in [-0.15, -0.1) is 24.0 Å². The van der Waals surface area contributed by atoms with E-state index in [1.165, 1.54) is 12.1 Å². The number of nitrogens with zero attached hydrogens (tertiary/aromatic N) is 2. The molecule has 2 N–H and O–H groups in total.